The Morgan fingerprint density at radius 1 is 1.45 bits per heavy atom. The molecule has 1 heterocycles. The van der Waals surface area contributed by atoms with Gasteiger partial charge in [0.1, 0.15) is 5.52 Å². The maximum absolute atomic E-state index is 12.1. The van der Waals surface area contributed by atoms with E-state index < -0.39 is 4.92 Å². The second-order valence-corrected chi connectivity index (χ2v) is 4.50. The molecule has 0 unspecified atom stereocenters. The lowest BCUT2D eigenvalue weighted by atomic mass is 10.1. The first-order valence-electron chi connectivity index (χ1n) is 6.37. The monoisotopic (exact) mass is 273 g/mol. The zero-order valence-corrected chi connectivity index (χ0v) is 11.3. The Labute approximate surface area is 116 Å². The number of carbonyl (C=O) groups is 1. The molecular formula is C14H15N3O3. The Balaban J connectivity index is 2.64. The number of fused-ring (bicyclic) bond motifs is 1. The van der Waals surface area contributed by atoms with Crippen LogP contribution in [0.1, 0.15) is 29.4 Å². The predicted molar refractivity (Wildman–Crippen MR) is 75.8 cm³/mol. The van der Waals surface area contributed by atoms with Crippen LogP contribution in [0.5, 0.6) is 0 Å². The second-order valence-electron chi connectivity index (χ2n) is 4.50. The van der Waals surface area contributed by atoms with Crippen LogP contribution in [-0.4, -0.2) is 22.4 Å². The Morgan fingerprint density at radius 2 is 2.20 bits per heavy atom. The molecule has 104 valence electrons. The maximum Gasteiger partial charge on any atom is 0.295 e. The van der Waals surface area contributed by atoms with Crippen molar-refractivity contribution in [2.75, 3.05) is 6.54 Å². The van der Waals surface area contributed by atoms with Crippen LogP contribution in [0.3, 0.4) is 0 Å². The van der Waals surface area contributed by atoms with E-state index >= 15 is 0 Å². The van der Waals surface area contributed by atoms with Crippen LogP contribution < -0.4 is 5.32 Å². The molecule has 0 aliphatic carbocycles. The summed E-state index contributed by atoms with van der Waals surface area (Å²) in [7, 11) is 0. The Morgan fingerprint density at radius 3 is 2.85 bits per heavy atom. The standard InChI is InChI=1S/C14H15N3O3/c1-3-7-15-14(18)11-8-9(2)16-13-10(11)5-4-6-12(13)17(19)20/h4-6,8H,3,7H2,1-2H3,(H,15,18). The Kier molecular flexibility index (Phi) is 3.93. The van der Waals surface area contributed by atoms with Crippen molar-refractivity contribution < 1.29 is 9.72 Å². The van der Waals surface area contributed by atoms with Crippen molar-refractivity contribution in [2.45, 2.75) is 20.3 Å². The summed E-state index contributed by atoms with van der Waals surface area (Å²) in [5.74, 6) is -0.233. The van der Waals surface area contributed by atoms with Crippen molar-refractivity contribution in [3.8, 4) is 0 Å². The summed E-state index contributed by atoms with van der Waals surface area (Å²) >= 11 is 0. The minimum Gasteiger partial charge on any atom is -0.352 e. The molecule has 0 aliphatic heterocycles. The zero-order valence-electron chi connectivity index (χ0n) is 11.3. The molecular weight excluding hydrogens is 258 g/mol. The normalized spacial score (nSPS) is 10.5. The summed E-state index contributed by atoms with van der Waals surface area (Å²) in [5.41, 5.74) is 1.16. The number of non-ortho nitro benzene ring substituents is 1. The molecule has 1 N–H and O–H groups in total. The zero-order chi connectivity index (χ0) is 14.7. The van der Waals surface area contributed by atoms with Gasteiger partial charge in [-0.1, -0.05) is 19.1 Å². The third kappa shape index (κ3) is 2.59. The van der Waals surface area contributed by atoms with Gasteiger partial charge in [-0.2, -0.15) is 0 Å². The SMILES string of the molecule is CCCNC(=O)c1cc(C)nc2c([N+](=O)[O-])cccc12. The average Bonchev–Trinajstić information content (AvgIpc) is 2.42. The van der Waals surface area contributed by atoms with Crippen LogP contribution in [0.15, 0.2) is 24.3 Å². The van der Waals surface area contributed by atoms with E-state index in [1.54, 1.807) is 25.1 Å². The van der Waals surface area contributed by atoms with E-state index in [0.29, 0.717) is 23.2 Å². The van der Waals surface area contributed by atoms with Crippen molar-refractivity contribution in [1.29, 1.82) is 0 Å². The van der Waals surface area contributed by atoms with E-state index in [2.05, 4.69) is 10.3 Å². The molecule has 0 saturated heterocycles. The summed E-state index contributed by atoms with van der Waals surface area (Å²) < 4.78 is 0. The van der Waals surface area contributed by atoms with Gasteiger partial charge < -0.3 is 5.32 Å². The number of hydrogen-bond acceptors (Lipinski definition) is 4. The Bertz CT molecular complexity index is 683. The fraction of sp³-hybridized carbons (Fsp3) is 0.286. The summed E-state index contributed by atoms with van der Waals surface area (Å²) in [4.78, 5) is 26.9. The van der Waals surface area contributed by atoms with Crippen molar-refractivity contribution >= 4 is 22.5 Å². The first-order valence-corrected chi connectivity index (χ1v) is 6.37. The molecule has 1 aromatic carbocycles. The predicted octanol–water partition coefficient (Wildman–Crippen LogP) is 2.59. The summed E-state index contributed by atoms with van der Waals surface area (Å²) in [6.45, 7) is 4.24. The number of nitrogens with one attached hydrogen (secondary N) is 1. The summed E-state index contributed by atoms with van der Waals surface area (Å²) in [6, 6.07) is 6.28. The molecule has 0 aliphatic rings. The number of nitrogens with zero attached hydrogens (tertiary/aromatic N) is 2. The molecule has 2 aromatic rings. The number of amides is 1. The van der Waals surface area contributed by atoms with Gasteiger partial charge >= 0.3 is 0 Å². The molecule has 0 atom stereocenters. The van der Waals surface area contributed by atoms with E-state index in [1.807, 2.05) is 6.92 Å². The van der Waals surface area contributed by atoms with Gasteiger partial charge in [0.15, 0.2) is 0 Å². The molecule has 2 rings (SSSR count). The largest absolute Gasteiger partial charge is 0.352 e. The number of pyridine rings is 1. The third-order valence-corrected chi connectivity index (χ3v) is 2.92. The minimum absolute atomic E-state index is 0.0873. The van der Waals surface area contributed by atoms with Gasteiger partial charge in [0.25, 0.3) is 11.6 Å². The van der Waals surface area contributed by atoms with Crippen LogP contribution in [-0.2, 0) is 0 Å². The van der Waals surface area contributed by atoms with Crippen LogP contribution in [0.2, 0.25) is 0 Å². The molecule has 6 nitrogen and oxygen atoms in total. The van der Waals surface area contributed by atoms with Crippen LogP contribution >= 0.6 is 0 Å². The molecule has 1 aromatic heterocycles. The number of nitro benzene ring substituents is 1. The molecule has 1 amide bonds. The van der Waals surface area contributed by atoms with E-state index in [-0.39, 0.29) is 17.1 Å². The van der Waals surface area contributed by atoms with Crippen LogP contribution in [0.25, 0.3) is 10.9 Å². The Hall–Kier alpha value is -2.50. The topological polar surface area (TPSA) is 85.1 Å². The van der Waals surface area contributed by atoms with Gasteiger partial charge in [0, 0.05) is 23.7 Å². The lowest BCUT2D eigenvalue weighted by Crippen LogP contribution is -2.24. The minimum atomic E-state index is -0.484. The van der Waals surface area contributed by atoms with Gasteiger partial charge in [0.2, 0.25) is 0 Å². The molecule has 6 heteroatoms. The number of aryl methyl sites for hydroxylation is 1. The van der Waals surface area contributed by atoms with Crippen molar-refractivity contribution in [1.82, 2.24) is 10.3 Å². The number of para-hydroxylation sites is 1. The quantitative estimate of drug-likeness (QED) is 0.685. The number of rotatable bonds is 4. The van der Waals surface area contributed by atoms with Gasteiger partial charge in [0.05, 0.1) is 10.5 Å². The van der Waals surface area contributed by atoms with Crippen LogP contribution in [0.4, 0.5) is 5.69 Å². The number of nitro groups is 1. The fourth-order valence-electron chi connectivity index (χ4n) is 2.03. The molecule has 0 radical (unpaired) electrons. The van der Waals surface area contributed by atoms with Crippen molar-refractivity contribution in [3.05, 3.63) is 45.6 Å². The highest BCUT2D eigenvalue weighted by Gasteiger charge is 2.18. The first-order chi connectivity index (χ1) is 9.54. The van der Waals surface area contributed by atoms with Gasteiger partial charge in [-0.3, -0.25) is 14.9 Å². The van der Waals surface area contributed by atoms with E-state index in [9.17, 15) is 14.9 Å². The average molecular weight is 273 g/mol. The third-order valence-electron chi connectivity index (χ3n) is 2.92. The summed E-state index contributed by atoms with van der Waals surface area (Å²) in [5, 5.41) is 14.3. The van der Waals surface area contributed by atoms with Crippen LogP contribution in [0, 0.1) is 17.0 Å². The highest BCUT2D eigenvalue weighted by molar-refractivity contribution is 6.07. The van der Waals surface area contributed by atoms with E-state index in [0.717, 1.165) is 6.42 Å². The van der Waals surface area contributed by atoms with Gasteiger partial charge in [-0.05, 0) is 19.4 Å². The fourth-order valence-corrected chi connectivity index (χ4v) is 2.03. The van der Waals surface area contributed by atoms with Crippen molar-refractivity contribution in [3.63, 3.8) is 0 Å². The molecule has 0 fully saturated rings. The van der Waals surface area contributed by atoms with Gasteiger partial charge in [-0.15, -0.1) is 0 Å². The molecule has 0 bridgehead atoms. The maximum atomic E-state index is 12.1. The second kappa shape index (κ2) is 5.64. The molecule has 0 saturated carbocycles. The lowest BCUT2D eigenvalue weighted by molar-refractivity contribution is -0.383. The molecule has 20 heavy (non-hydrogen) atoms. The number of hydrogen-bond donors (Lipinski definition) is 1. The van der Waals surface area contributed by atoms with E-state index in [1.165, 1.54) is 6.07 Å². The highest BCUT2D eigenvalue weighted by Crippen LogP contribution is 2.26. The highest BCUT2D eigenvalue weighted by atomic mass is 16.6. The van der Waals surface area contributed by atoms with Gasteiger partial charge in [-0.25, -0.2) is 4.98 Å². The lowest BCUT2D eigenvalue weighted by Gasteiger charge is -2.08. The molecule has 0 spiro atoms. The van der Waals surface area contributed by atoms with E-state index in [4.69, 9.17) is 0 Å². The summed E-state index contributed by atoms with van der Waals surface area (Å²) in [6.07, 6.45) is 0.827. The number of aromatic nitrogens is 1. The number of benzene rings is 1. The smallest absolute Gasteiger partial charge is 0.295 e. The number of carbonyl (C=O) groups excluding carboxylic acids is 1. The first kappa shape index (κ1) is 13.9. The van der Waals surface area contributed by atoms with Crippen molar-refractivity contribution in [2.24, 2.45) is 0 Å².